The van der Waals surface area contributed by atoms with Crippen molar-refractivity contribution < 1.29 is 13.2 Å². The number of alkyl halides is 3. The summed E-state index contributed by atoms with van der Waals surface area (Å²) in [6.07, 6.45) is -1.61. The van der Waals surface area contributed by atoms with Crippen LogP contribution in [0.4, 0.5) is 13.2 Å². The first kappa shape index (κ1) is 13.9. The lowest BCUT2D eigenvalue weighted by Crippen LogP contribution is -2.46. The molecule has 2 unspecified atom stereocenters. The van der Waals surface area contributed by atoms with Gasteiger partial charge in [0.05, 0.1) is 5.92 Å². The Balaban J connectivity index is 2.01. The maximum atomic E-state index is 12.9. The third-order valence-electron chi connectivity index (χ3n) is 3.62. The SMILES string of the molecule is C[C@@H](NC1CCCCC1C(F)(F)F)c1cccs1. The molecular formula is C13H18F3NS. The van der Waals surface area contributed by atoms with E-state index in [4.69, 9.17) is 0 Å². The first-order valence-corrected chi connectivity index (χ1v) is 7.22. The minimum atomic E-state index is -4.08. The van der Waals surface area contributed by atoms with Crippen molar-refractivity contribution in [1.29, 1.82) is 0 Å². The molecule has 0 aromatic carbocycles. The first-order valence-electron chi connectivity index (χ1n) is 6.34. The van der Waals surface area contributed by atoms with Crippen LogP contribution < -0.4 is 5.32 Å². The van der Waals surface area contributed by atoms with Crippen molar-refractivity contribution >= 4 is 11.3 Å². The summed E-state index contributed by atoms with van der Waals surface area (Å²) >= 11 is 1.58. The van der Waals surface area contributed by atoms with Crippen molar-refractivity contribution in [2.75, 3.05) is 0 Å². The summed E-state index contributed by atoms with van der Waals surface area (Å²) < 4.78 is 38.8. The Kier molecular flexibility index (Phi) is 4.33. The van der Waals surface area contributed by atoms with Crippen molar-refractivity contribution in [2.45, 2.75) is 50.9 Å². The van der Waals surface area contributed by atoms with Gasteiger partial charge in [0, 0.05) is 17.0 Å². The monoisotopic (exact) mass is 277 g/mol. The molecule has 0 spiro atoms. The zero-order valence-electron chi connectivity index (χ0n) is 10.3. The topological polar surface area (TPSA) is 12.0 Å². The van der Waals surface area contributed by atoms with Crippen LogP contribution in [0.15, 0.2) is 17.5 Å². The van der Waals surface area contributed by atoms with E-state index in [-0.39, 0.29) is 12.5 Å². The Morgan fingerprint density at radius 3 is 2.67 bits per heavy atom. The summed E-state index contributed by atoms with van der Waals surface area (Å²) in [6.45, 7) is 1.94. The number of hydrogen-bond acceptors (Lipinski definition) is 2. The minimum Gasteiger partial charge on any atom is -0.306 e. The second-order valence-electron chi connectivity index (χ2n) is 4.94. The molecule has 1 heterocycles. The van der Waals surface area contributed by atoms with Gasteiger partial charge in [-0.3, -0.25) is 0 Å². The third-order valence-corrected chi connectivity index (χ3v) is 4.68. The van der Waals surface area contributed by atoms with Crippen LogP contribution in [0.3, 0.4) is 0 Å². The molecule has 1 aromatic rings. The highest BCUT2D eigenvalue weighted by atomic mass is 32.1. The van der Waals surface area contributed by atoms with Gasteiger partial charge in [-0.15, -0.1) is 11.3 Å². The predicted octanol–water partition coefficient (Wildman–Crippen LogP) is 4.52. The fraction of sp³-hybridized carbons (Fsp3) is 0.692. The zero-order chi connectivity index (χ0) is 13.2. The summed E-state index contributed by atoms with van der Waals surface area (Å²) in [4.78, 5) is 1.10. The average Bonchev–Trinajstić information content (AvgIpc) is 2.81. The summed E-state index contributed by atoms with van der Waals surface area (Å²) in [5, 5.41) is 5.12. The van der Waals surface area contributed by atoms with Gasteiger partial charge in [-0.25, -0.2) is 0 Å². The molecule has 0 saturated heterocycles. The maximum absolute atomic E-state index is 12.9. The van der Waals surface area contributed by atoms with Crippen molar-refractivity contribution in [3.8, 4) is 0 Å². The van der Waals surface area contributed by atoms with Crippen LogP contribution in [0.5, 0.6) is 0 Å². The Hall–Kier alpha value is -0.550. The molecule has 5 heteroatoms. The lowest BCUT2D eigenvalue weighted by Gasteiger charge is -2.35. The number of hydrogen-bond donors (Lipinski definition) is 1. The largest absolute Gasteiger partial charge is 0.393 e. The van der Waals surface area contributed by atoms with E-state index < -0.39 is 18.1 Å². The van der Waals surface area contributed by atoms with Crippen molar-refractivity contribution in [1.82, 2.24) is 5.32 Å². The molecule has 1 saturated carbocycles. The van der Waals surface area contributed by atoms with Gasteiger partial charge in [-0.05, 0) is 31.2 Å². The van der Waals surface area contributed by atoms with Crippen LogP contribution >= 0.6 is 11.3 Å². The quantitative estimate of drug-likeness (QED) is 0.856. The van der Waals surface area contributed by atoms with Crippen LogP contribution in [0.25, 0.3) is 0 Å². The third kappa shape index (κ3) is 3.26. The average molecular weight is 277 g/mol. The van der Waals surface area contributed by atoms with Crippen LogP contribution in [-0.2, 0) is 0 Å². The van der Waals surface area contributed by atoms with E-state index in [2.05, 4.69) is 5.32 Å². The van der Waals surface area contributed by atoms with Gasteiger partial charge in [-0.2, -0.15) is 13.2 Å². The molecule has 0 amide bonds. The highest BCUT2D eigenvalue weighted by Crippen LogP contribution is 2.38. The van der Waals surface area contributed by atoms with E-state index in [1.165, 1.54) is 0 Å². The molecule has 0 aliphatic heterocycles. The second kappa shape index (κ2) is 5.61. The molecule has 1 fully saturated rings. The van der Waals surface area contributed by atoms with E-state index in [0.717, 1.165) is 11.3 Å². The molecule has 102 valence electrons. The fourth-order valence-corrected chi connectivity index (χ4v) is 3.41. The summed E-state index contributed by atoms with van der Waals surface area (Å²) in [5.41, 5.74) is 0. The Bertz CT molecular complexity index is 361. The van der Waals surface area contributed by atoms with Gasteiger partial charge in [0.25, 0.3) is 0 Å². The van der Waals surface area contributed by atoms with E-state index >= 15 is 0 Å². The van der Waals surface area contributed by atoms with Gasteiger partial charge < -0.3 is 5.32 Å². The van der Waals surface area contributed by atoms with E-state index in [9.17, 15) is 13.2 Å². The molecule has 18 heavy (non-hydrogen) atoms. The van der Waals surface area contributed by atoms with Crippen LogP contribution in [-0.4, -0.2) is 12.2 Å². The van der Waals surface area contributed by atoms with Gasteiger partial charge in [0.1, 0.15) is 0 Å². The maximum Gasteiger partial charge on any atom is 0.393 e. The summed E-state index contributed by atoms with van der Waals surface area (Å²) in [6, 6.07) is 3.46. The van der Waals surface area contributed by atoms with Crippen molar-refractivity contribution in [3.05, 3.63) is 22.4 Å². The van der Waals surface area contributed by atoms with Gasteiger partial charge in [0.2, 0.25) is 0 Å². The molecule has 1 aliphatic rings. The van der Waals surface area contributed by atoms with E-state index in [1.54, 1.807) is 11.3 Å². The molecule has 1 nitrogen and oxygen atoms in total. The van der Waals surface area contributed by atoms with Crippen LogP contribution in [0.2, 0.25) is 0 Å². The molecule has 0 radical (unpaired) electrons. The van der Waals surface area contributed by atoms with Crippen molar-refractivity contribution in [3.63, 3.8) is 0 Å². The van der Waals surface area contributed by atoms with Crippen LogP contribution in [0.1, 0.15) is 43.5 Å². The van der Waals surface area contributed by atoms with Crippen molar-refractivity contribution in [2.24, 2.45) is 5.92 Å². The predicted molar refractivity (Wildman–Crippen MR) is 67.7 cm³/mol. The lowest BCUT2D eigenvalue weighted by atomic mass is 9.83. The lowest BCUT2D eigenvalue weighted by molar-refractivity contribution is -0.189. The number of halogens is 3. The molecule has 0 bridgehead atoms. The second-order valence-corrected chi connectivity index (χ2v) is 5.92. The normalized spacial score (nSPS) is 27.1. The van der Waals surface area contributed by atoms with Gasteiger partial charge >= 0.3 is 6.18 Å². The molecule has 1 aliphatic carbocycles. The van der Waals surface area contributed by atoms with E-state index in [0.29, 0.717) is 12.8 Å². The number of thiophene rings is 1. The van der Waals surface area contributed by atoms with Gasteiger partial charge in [0.15, 0.2) is 0 Å². The van der Waals surface area contributed by atoms with E-state index in [1.807, 2.05) is 24.4 Å². The molecule has 2 rings (SSSR count). The standard InChI is InChI=1S/C13H18F3NS/c1-9(12-7-4-8-18-12)17-11-6-3-2-5-10(11)13(14,15)16/h4,7-11,17H,2-3,5-6H2,1H3/t9-,10?,11?/m1/s1. The molecule has 3 atom stereocenters. The Morgan fingerprint density at radius 2 is 2.06 bits per heavy atom. The summed E-state index contributed by atoms with van der Waals surface area (Å²) in [5.74, 6) is -1.19. The zero-order valence-corrected chi connectivity index (χ0v) is 11.2. The highest BCUT2D eigenvalue weighted by molar-refractivity contribution is 7.10. The Labute approximate surface area is 109 Å². The molecule has 1 N–H and O–H groups in total. The highest BCUT2D eigenvalue weighted by Gasteiger charge is 2.45. The molecule has 1 aromatic heterocycles. The Morgan fingerprint density at radius 1 is 1.33 bits per heavy atom. The number of nitrogens with one attached hydrogen (secondary N) is 1. The fourth-order valence-electron chi connectivity index (χ4n) is 2.66. The summed E-state index contributed by atoms with van der Waals surface area (Å²) in [7, 11) is 0. The van der Waals surface area contributed by atoms with Gasteiger partial charge in [-0.1, -0.05) is 18.9 Å². The number of rotatable bonds is 3. The van der Waals surface area contributed by atoms with Crippen LogP contribution in [0, 0.1) is 5.92 Å². The smallest absolute Gasteiger partial charge is 0.306 e. The minimum absolute atomic E-state index is 0.00190. The first-order chi connectivity index (χ1) is 8.48. The molecular weight excluding hydrogens is 259 g/mol.